The van der Waals surface area contributed by atoms with Crippen LogP contribution in [0.3, 0.4) is 0 Å². The summed E-state index contributed by atoms with van der Waals surface area (Å²) in [6.07, 6.45) is 1.26. The maximum Gasteiger partial charge on any atom is 0.191 e. The first-order valence-electron chi connectivity index (χ1n) is 9.89. The molecule has 0 spiro atoms. The lowest BCUT2D eigenvalue weighted by molar-refractivity contribution is 0.242. The van der Waals surface area contributed by atoms with Gasteiger partial charge in [0.15, 0.2) is 15.8 Å². The van der Waals surface area contributed by atoms with Gasteiger partial charge in [0.25, 0.3) is 0 Å². The van der Waals surface area contributed by atoms with Gasteiger partial charge in [0, 0.05) is 19.3 Å². The van der Waals surface area contributed by atoms with Crippen LogP contribution in [0.2, 0.25) is 0 Å². The Morgan fingerprint density at radius 3 is 2.57 bits per heavy atom. The number of hydrogen-bond acceptors (Lipinski definition) is 4. The van der Waals surface area contributed by atoms with E-state index in [4.69, 9.17) is 4.74 Å². The molecule has 0 unspecified atom stereocenters. The van der Waals surface area contributed by atoms with Crippen LogP contribution >= 0.6 is 0 Å². The Morgan fingerprint density at radius 1 is 1.13 bits per heavy atom. The van der Waals surface area contributed by atoms with E-state index in [-0.39, 0.29) is 18.4 Å². The van der Waals surface area contributed by atoms with Crippen molar-refractivity contribution in [1.29, 1.82) is 0 Å². The Balaban J connectivity index is 2.12. The van der Waals surface area contributed by atoms with Crippen LogP contribution in [0.25, 0.3) is 0 Å². The van der Waals surface area contributed by atoms with Crippen molar-refractivity contribution in [2.24, 2.45) is 4.99 Å². The number of hydrogen-bond donors (Lipinski definition) is 2. The van der Waals surface area contributed by atoms with E-state index in [2.05, 4.69) is 15.6 Å². The van der Waals surface area contributed by atoms with Gasteiger partial charge in [0.05, 0.1) is 18.4 Å². The fourth-order valence-electron chi connectivity index (χ4n) is 2.86. The van der Waals surface area contributed by atoms with Crippen LogP contribution in [0.4, 0.5) is 4.39 Å². The summed E-state index contributed by atoms with van der Waals surface area (Å²) in [4.78, 5) is 4.57. The van der Waals surface area contributed by atoms with Gasteiger partial charge in [-0.2, -0.15) is 0 Å². The van der Waals surface area contributed by atoms with Gasteiger partial charge in [-0.05, 0) is 61.7 Å². The topological polar surface area (TPSA) is 79.8 Å². The zero-order chi connectivity index (χ0) is 22.1. The molecule has 0 aliphatic rings. The molecule has 164 valence electrons. The monoisotopic (exact) mass is 435 g/mol. The second-order valence-electron chi connectivity index (χ2n) is 7.35. The van der Waals surface area contributed by atoms with Crippen molar-refractivity contribution < 1.29 is 17.5 Å². The lowest BCUT2D eigenvalue weighted by atomic mass is 10.1. The highest BCUT2D eigenvalue weighted by molar-refractivity contribution is 7.89. The minimum absolute atomic E-state index is 0.0927. The predicted octanol–water partition coefficient (Wildman–Crippen LogP) is 3.41. The van der Waals surface area contributed by atoms with Crippen LogP contribution in [0.1, 0.15) is 37.5 Å². The fourth-order valence-corrected chi connectivity index (χ4v) is 3.71. The van der Waals surface area contributed by atoms with Gasteiger partial charge in [-0.15, -0.1) is 0 Å². The molecule has 0 aliphatic carbocycles. The highest BCUT2D eigenvalue weighted by Crippen LogP contribution is 2.16. The minimum Gasteiger partial charge on any atom is -0.491 e. The normalized spacial score (nSPS) is 12.1. The van der Waals surface area contributed by atoms with Gasteiger partial charge in [-0.25, -0.2) is 17.8 Å². The second-order valence-corrected chi connectivity index (χ2v) is 9.49. The third-order valence-electron chi connectivity index (χ3n) is 4.07. The highest BCUT2D eigenvalue weighted by atomic mass is 32.2. The van der Waals surface area contributed by atoms with E-state index >= 15 is 0 Å². The Bertz CT molecular complexity index is 975. The molecule has 2 aromatic carbocycles. The summed E-state index contributed by atoms with van der Waals surface area (Å²) < 4.78 is 42.8. The number of ether oxygens (including phenoxy) is 1. The average molecular weight is 436 g/mol. The molecular weight excluding hydrogens is 405 g/mol. The lowest BCUT2D eigenvalue weighted by Crippen LogP contribution is -2.37. The van der Waals surface area contributed by atoms with E-state index in [1.54, 1.807) is 0 Å². The van der Waals surface area contributed by atoms with Crippen LogP contribution in [0.15, 0.2) is 47.5 Å². The van der Waals surface area contributed by atoms with Gasteiger partial charge >= 0.3 is 0 Å². The molecule has 6 nitrogen and oxygen atoms in total. The number of guanidine groups is 1. The second kappa shape index (κ2) is 11.0. The summed E-state index contributed by atoms with van der Waals surface area (Å²) in [7, 11) is -3.23. The Labute approximate surface area is 178 Å². The maximum atomic E-state index is 13.7. The Kier molecular flexibility index (Phi) is 8.65. The zero-order valence-electron chi connectivity index (χ0n) is 17.9. The predicted molar refractivity (Wildman–Crippen MR) is 119 cm³/mol. The van der Waals surface area contributed by atoms with Crippen molar-refractivity contribution in [3.8, 4) is 5.75 Å². The molecule has 2 aromatic rings. The molecule has 8 heteroatoms. The van der Waals surface area contributed by atoms with E-state index in [0.29, 0.717) is 30.2 Å². The molecule has 0 heterocycles. The molecule has 0 fully saturated rings. The average Bonchev–Trinajstić information content (AvgIpc) is 2.64. The molecule has 2 rings (SSSR count). The van der Waals surface area contributed by atoms with Gasteiger partial charge in [0.1, 0.15) is 11.6 Å². The lowest BCUT2D eigenvalue weighted by Gasteiger charge is -2.14. The van der Waals surface area contributed by atoms with E-state index < -0.39 is 15.7 Å². The molecule has 0 saturated carbocycles. The quantitative estimate of drug-likeness (QED) is 0.466. The molecule has 0 atom stereocenters. The van der Waals surface area contributed by atoms with Crippen LogP contribution < -0.4 is 15.4 Å². The van der Waals surface area contributed by atoms with Gasteiger partial charge in [-0.1, -0.05) is 18.2 Å². The molecule has 0 amide bonds. The molecule has 2 N–H and O–H groups in total. The van der Waals surface area contributed by atoms with Crippen LogP contribution in [0, 0.1) is 5.82 Å². The molecule has 0 saturated heterocycles. The van der Waals surface area contributed by atoms with Crippen molar-refractivity contribution in [3.63, 3.8) is 0 Å². The van der Waals surface area contributed by atoms with Gasteiger partial charge < -0.3 is 15.4 Å². The summed E-state index contributed by atoms with van der Waals surface area (Å²) in [5.41, 5.74) is 2.15. The number of benzene rings is 2. The molecule has 0 bridgehead atoms. The largest absolute Gasteiger partial charge is 0.491 e. The first kappa shape index (κ1) is 23.7. The van der Waals surface area contributed by atoms with Crippen LogP contribution in [-0.2, 0) is 28.7 Å². The maximum absolute atomic E-state index is 13.7. The van der Waals surface area contributed by atoms with Crippen molar-refractivity contribution in [3.05, 3.63) is 65.0 Å². The minimum atomic E-state index is -3.23. The fraction of sp³-hybridized carbons (Fsp3) is 0.409. The van der Waals surface area contributed by atoms with Crippen molar-refractivity contribution in [2.45, 2.75) is 45.7 Å². The number of nitrogens with one attached hydrogen (secondary N) is 2. The molecule has 30 heavy (non-hydrogen) atoms. The zero-order valence-corrected chi connectivity index (χ0v) is 18.7. The van der Waals surface area contributed by atoms with E-state index in [1.807, 2.05) is 45.0 Å². The first-order chi connectivity index (χ1) is 14.2. The summed E-state index contributed by atoms with van der Waals surface area (Å²) in [5, 5.41) is 6.30. The van der Waals surface area contributed by atoms with Crippen LogP contribution in [-0.4, -0.2) is 33.3 Å². The SMILES string of the molecule is CCNC(=NCc1cccc(OC(C)C)c1)NCc1cc(F)ccc1CS(C)(=O)=O. The summed E-state index contributed by atoms with van der Waals surface area (Å²) in [5.74, 6) is 0.803. The van der Waals surface area contributed by atoms with Crippen molar-refractivity contribution in [1.82, 2.24) is 10.6 Å². The number of nitrogens with zero attached hydrogens (tertiary/aromatic N) is 1. The molecular formula is C22H30FN3O3S. The van der Waals surface area contributed by atoms with Gasteiger partial charge in [0.2, 0.25) is 0 Å². The number of halogens is 1. The third-order valence-corrected chi connectivity index (χ3v) is 4.90. The van der Waals surface area contributed by atoms with Crippen LogP contribution in [0.5, 0.6) is 5.75 Å². The Morgan fingerprint density at radius 2 is 1.90 bits per heavy atom. The van der Waals surface area contributed by atoms with Gasteiger partial charge in [-0.3, -0.25) is 0 Å². The summed E-state index contributed by atoms with van der Waals surface area (Å²) >= 11 is 0. The highest BCUT2D eigenvalue weighted by Gasteiger charge is 2.11. The molecule has 0 aliphatic heterocycles. The molecule has 0 radical (unpaired) electrons. The number of aliphatic imine (C=N–C) groups is 1. The smallest absolute Gasteiger partial charge is 0.191 e. The standard InChI is InChI=1S/C22H30FN3O3S/c1-5-24-22(25-13-17-7-6-8-21(11-17)29-16(2)3)26-14-19-12-20(23)10-9-18(19)15-30(4,27)28/h6-12,16H,5,13-15H2,1-4H3,(H2,24,25,26). The Hall–Kier alpha value is -2.61. The third kappa shape index (κ3) is 8.41. The van der Waals surface area contributed by atoms with E-state index in [1.165, 1.54) is 18.2 Å². The van der Waals surface area contributed by atoms with E-state index in [0.717, 1.165) is 17.6 Å². The van der Waals surface area contributed by atoms with Crippen molar-refractivity contribution in [2.75, 3.05) is 12.8 Å². The van der Waals surface area contributed by atoms with E-state index in [9.17, 15) is 12.8 Å². The molecule has 0 aromatic heterocycles. The number of sulfone groups is 1. The summed E-state index contributed by atoms with van der Waals surface area (Å²) in [6, 6.07) is 11.9. The van der Waals surface area contributed by atoms with Crippen molar-refractivity contribution >= 4 is 15.8 Å². The number of rotatable bonds is 9. The summed E-state index contributed by atoms with van der Waals surface area (Å²) in [6.45, 7) is 7.24. The first-order valence-corrected chi connectivity index (χ1v) is 11.9.